The number of unbranched alkanes of at least 4 members (excludes halogenated alkanes) is 16. The molecule has 0 nitrogen and oxygen atoms in total. The van der Waals surface area contributed by atoms with Gasteiger partial charge in [0.05, 0.1) is 0 Å². The van der Waals surface area contributed by atoms with Crippen molar-refractivity contribution in [2.24, 2.45) is 5.92 Å². The number of rotatable bonds is 20. The molecule has 0 spiro atoms. The van der Waals surface area contributed by atoms with E-state index in [9.17, 15) is 0 Å². The van der Waals surface area contributed by atoms with Crippen LogP contribution in [0.15, 0.2) is 0 Å². The third-order valence-electron chi connectivity index (χ3n) is 5.43. The Morgan fingerprint density at radius 2 is 0.667 bits per heavy atom. The number of hydrogen-bond acceptors (Lipinski definition) is 0. The number of hydrogen-bond donors (Lipinski definition) is 0. The third-order valence-corrected chi connectivity index (χ3v) is 5.43. The molecule has 1 radical (unpaired) electrons. The van der Waals surface area contributed by atoms with Crippen LogP contribution in [0.1, 0.15) is 142 Å². The first-order valence-electron chi connectivity index (χ1n) is 11.6. The highest BCUT2D eigenvalue weighted by Crippen LogP contribution is 2.18. The van der Waals surface area contributed by atoms with Gasteiger partial charge in [-0.2, -0.15) is 0 Å². The normalized spacial score (nSPS) is 12.6. The van der Waals surface area contributed by atoms with Crippen LogP contribution in [-0.2, 0) is 0 Å². The van der Waals surface area contributed by atoms with E-state index in [1.165, 1.54) is 128 Å². The maximum Gasteiger partial charge on any atom is -0.0414 e. The van der Waals surface area contributed by atoms with Crippen molar-refractivity contribution in [3.63, 3.8) is 0 Å². The summed E-state index contributed by atoms with van der Waals surface area (Å²) in [5.41, 5.74) is 0. The summed E-state index contributed by atoms with van der Waals surface area (Å²) in [6.45, 7) is 8.94. The molecule has 0 rings (SSSR count). The fourth-order valence-corrected chi connectivity index (χ4v) is 3.63. The molecule has 24 heavy (non-hydrogen) atoms. The van der Waals surface area contributed by atoms with Crippen LogP contribution in [0.2, 0.25) is 0 Å². The lowest BCUT2D eigenvalue weighted by atomic mass is 9.96. The summed E-state index contributed by atoms with van der Waals surface area (Å²) in [6, 6.07) is 0. The largest absolute Gasteiger partial charge is 0.0654 e. The second kappa shape index (κ2) is 21.0. The smallest absolute Gasteiger partial charge is 0.0414 e. The Kier molecular flexibility index (Phi) is 21.0. The highest BCUT2D eigenvalue weighted by molar-refractivity contribution is 4.62. The first kappa shape index (κ1) is 24.0. The van der Waals surface area contributed by atoms with Crippen molar-refractivity contribution >= 4 is 0 Å². The monoisotopic (exact) mass is 337 g/mol. The van der Waals surface area contributed by atoms with Crippen molar-refractivity contribution in [2.75, 3.05) is 0 Å². The molecule has 0 N–H and O–H groups in total. The lowest BCUT2D eigenvalue weighted by molar-refractivity contribution is 0.462. The zero-order chi connectivity index (χ0) is 17.7. The average Bonchev–Trinajstić information content (AvgIpc) is 2.59. The van der Waals surface area contributed by atoms with Crippen LogP contribution >= 0.6 is 0 Å². The van der Waals surface area contributed by atoms with Crippen molar-refractivity contribution in [2.45, 2.75) is 142 Å². The molecular weight excluding hydrogens is 288 g/mol. The second-order valence-electron chi connectivity index (χ2n) is 8.10. The molecule has 0 amide bonds. The van der Waals surface area contributed by atoms with Gasteiger partial charge >= 0.3 is 0 Å². The molecular formula is C24H49. The van der Waals surface area contributed by atoms with Crippen LogP contribution in [-0.4, -0.2) is 0 Å². The predicted octanol–water partition coefficient (Wildman–Crippen LogP) is 9.28. The highest BCUT2D eigenvalue weighted by atomic mass is 14.1. The minimum Gasteiger partial charge on any atom is -0.0654 e. The minimum atomic E-state index is 0.722. The van der Waals surface area contributed by atoms with E-state index in [1.54, 1.807) is 0 Å². The maximum atomic E-state index is 4.35. The second-order valence-corrected chi connectivity index (χ2v) is 8.10. The molecule has 0 aliphatic rings. The Morgan fingerprint density at radius 3 is 0.958 bits per heavy atom. The van der Waals surface area contributed by atoms with Gasteiger partial charge < -0.3 is 0 Å². The van der Waals surface area contributed by atoms with Crippen molar-refractivity contribution in [3.8, 4) is 0 Å². The minimum absolute atomic E-state index is 0.722. The van der Waals surface area contributed by atoms with E-state index in [2.05, 4.69) is 20.8 Å². The lowest BCUT2D eigenvalue weighted by Gasteiger charge is -2.10. The zero-order valence-electron chi connectivity index (χ0n) is 17.4. The Bertz CT molecular complexity index is 208. The highest BCUT2D eigenvalue weighted by Gasteiger charge is 2.02. The van der Waals surface area contributed by atoms with Gasteiger partial charge in [-0.25, -0.2) is 0 Å². The van der Waals surface area contributed by atoms with Gasteiger partial charge in [0.25, 0.3) is 0 Å². The van der Waals surface area contributed by atoms with Crippen molar-refractivity contribution in [1.82, 2.24) is 0 Å². The summed E-state index contributed by atoms with van der Waals surface area (Å²) >= 11 is 0. The first-order valence-corrected chi connectivity index (χ1v) is 11.6. The molecule has 0 fully saturated rings. The molecule has 145 valence electrons. The van der Waals surface area contributed by atoms with Gasteiger partial charge in [0.1, 0.15) is 0 Å². The fraction of sp³-hybridized carbons (Fsp3) is 0.958. The fourth-order valence-electron chi connectivity index (χ4n) is 3.63. The van der Waals surface area contributed by atoms with Crippen LogP contribution in [0.3, 0.4) is 0 Å². The Hall–Kier alpha value is 0. The standard InChI is InChI=1S/C24H49/c1-4-6-8-10-11-12-13-14-15-16-17-19-21-23-24(3)22-20-18-9-7-5-2/h24H,3-23H2,1-2H3. The van der Waals surface area contributed by atoms with E-state index in [1.807, 2.05) is 0 Å². The molecule has 0 aromatic carbocycles. The summed E-state index contributed by atoms with van der Waals surface area (Å²) in [6.07, 6.45) is 28.7. The van der Waals surface area contributed by atoms with Gasteiger partial charge in [-0.1, -0.05) is 149 Å². The third kappa shape index (κ3) is 20.0. The summed E-state index contributed by atoms with van der Waals surface area (Å²) < 4.78 is 0. The summed E-state index contributed by atoms with van der Waals surface area (Å²) in [5.74, 6) is 0.722. The topological polar surface area (TPSA) is 0 Å². The zero-order valence-corrected chi connectivity index (χ0v) is 17.4. The molecule has 0 aliphatic heterocycles. The Balaban J connectivity index is 3.08. The molecule has 0 saturated carbocycles. The van der Waals surface area contributed by atoms with Gasteiger partial charge in [0.2, 0.25) is 0 Å². The van der Waals surface area contributed by atoms with Crippen LogP contribution in [0.25, 0.3) is 0 Å². The SMILES string of the molecule is [CH2]C(CCCCCCC)CCCCCCCCCCCCCCC. The van der Waals surface area contributed by atoms with E-state index in [-0.39, 0.29) is 0 Å². The summed E-state index contributed by atoms with van der Waals surface area (Å²) in [7, 11) is 0. The van der Waals surface area contributed by atoms with Crippen molar-refractivity contribution in [1.29, 1.82) is 0 Å². The lowest BCUT2D eigenvalue weighted by Crippen LogP contribution is -1.95. The molecule has 1 atom stereocenters. The quantitative estimate of drug-likeness (QED) is 0.194. The first-order chi connectivity index (χ1) is 11.8. The molecule has 0 saturated heterocycles. The van der Waals surface area contributed by atoms with Gasteiger partial charge in [0.15, 0.2) is 0 Å². The van der Waals surface area contributed by atoms with Gasteiger partial charge in [-0.05, 0) is 5.92 Å². The van der Waals surface area contributed by atoms with E-state index < -0.39 is 0 Å². The molecule has 0 aliphatic carbocycles. The van der Waals surface area contributed by atoms with Gasteiger partial charge in [-0.3, -0.25) is 0 Å². The Morgan fingerprint density at radius 1 is 0.417 bits per heavy atom. The molecule has 0 aromatic rings. The van der Waals surface area contributed by atoms with E-state index in [0.29, 0.717) is 0 Å². The Labute approximate surface area is 155 Å². The molecule has 0 heteroatoms. The van der Waals surface area contributed by atoms with Crippen LogP contribution in [0.5, 0.6) is 0 Å². The van der Waals surface area contributed by atoms with E-state index in [4.69, 9.17) is 0 Å². The van der Waals surface area contributed by atoms with Crippen molar-refractivity contribution in [3.05, 3.63) is 6.92 Å². The van der Waals surface area contributed by atoms with Crippen molar-refractivity contribution < 1.29 is 0 Å². The van der Waals surface area contributed by atoms with Crippen LogP contribution in [0.4, 0.5) is 0 Å². The van der Waals surface area contributed by atoms with E-state index in [0.717, 1.165) is 5.92 Å². The van der Waals surface area contributed by atoms with Crippen LogP contribution < -0.4 is 0 Å². The van der Waals surface area contributed by atoms with Gasteiger partial charge in [-0.15, -0.1) is 0 Å². The molecule has 1 unspecified atom stereocenters. The summed E-state index contributed by atoms with van der Waals surface area (Å²) in [5, 5.41) is 0. The average molecular weight is 338 g/mol. The molecule has 0 bridgehead atoms. The summed E-state index contributed by atoms with van der Waals surface area (Å²) in [4.78, 5) is 0. The van der Waals surface area contributed by atoms with Crippen LogP contribution in [0, 0.1) is 12.8 Å². The predicted molar refractivity (Wildman–Crippen MR) is 113 cm³/mol. The molecule has 0 heterocycles. The maximum absolute atomic E-state index is 4.35. The molecule has 0 aromatic heterocycles. The van der Waals surface area contributed by atoms with E-state index >= 15 is 0 Å². The van der Waals surface area contributed by atoms with Gasteiger partial charge in [0, 0.05) is 0 Å².